The Morgan fingerprint density at radius 1 is 1.38 bits per heavy atom. The molecule has 0 unspecified atom stereocenters. The SMILES string of the molecule is CCOc1cc(C(=O)N(C)C)ccc1NC(=O)[C@@H]1CC[C@H](CN)O1. The maximum atomic E-state index is 12.4. The summed E-state index contributed by atoms with van der Waals surface area (Å²) >= 11 is 0. The van der Waals surface area contributed by atoms with E-state index in [-0.39, 0.29) is 17.9 Å². The lowest BCUT2D eigenvalue weighted by molar-refractivity contribution is -0.126. The number of carbonyl (C=O) groups is 2. The molecule has 1 fully saturated rings. The van der Waals surface area contributed by atoms with Crippen molar-refractivity contribution in [3.8, 4) is 5.75 Å². The van der Waals surface area contributed by atoms with Crippen LogP contribution in [0.2, 0.25) is 0 Å². The summed E-state index contributed by atoms with van der Waals surface area (Å²) in [4.78, 5) is 25.9. The van der Waals surface area contributed by atoms with Gasteiger partial charge in [-0.1, -0.05) is 0 Å². The Morgan fingerprint density at radius 3 is 2.71 bits per heavy atom. The Morgan fingerprint density at radius 2 is 2.12 bits per heavy atom. The van der Waals surface area contributed by atoms with E-state index in [1.165, 1.54) is 4.90 Å². The number of nitrogens with one attached hydrogen (secondary N) is 1. The zero-order valence-electron chi connectivity index (χ0n) is 14.4. The minimum absolute atomic E-state index is 0.0628. The van der Waals surface area contributed by atoms with Crippen LogP contribution in [0.1, 0.15) is 30.1 Å². The van der Waals surface area contributed by atoms with Crippen LogP contribution < -0.4 is 15.8 Å². The largest absolute Gasteiger partial charge is 0.492 e. The van der Waals surface area contributed by atoms with Crippen molar-refractivity contribution in [2.24, 2.45) is 5.73 Å². The van der Waals surface area contributed by atoms with Crippen LogP contribution in [0, 0.1) is 0 Å². The van der Waals surface area contributed by atoms with E-state index < -0.39 is 6.10 Å². The van der Waals surface area contributed by atoms with Crippen molar-refractivity contribution in [1.82, 2.24) is 4.90 Å². The third-order valence-electron chi connectivity index (χ3n) is 3.86. The molecule has 2 amide bonds. The van der Waals surface area contributed by atoms with Gasteiger partial charge >= 0.3 is 0 Å². The predicted molar refractivity (Wildman–Crippen MR) is 91.2 cm³/mol. The van der Waals surface area contributed by atoms with E-state index >= 15 is 0 Å². The van der Waals surface area contributed by atoms with E-state index in [0.29, 0.717) is 36.6 Å². The maximum absolute atomic E-state index is 12.4. The molecule has 2 rings (SSSR count). The normalized spacial score (nSPS) is 19.8. The second-order valence-corrected chi connectivity index (χ2v) is 5.89. The number of amides is 2. The molecule has 0 aromatic heterocycles. The fraction of sp³-hybridized carbons (Fsp3) is 0.529. The molecule has 2 atom stereocenters. The van der Waals surface area contributed by atoms with E-state index in [2.05, 4.69) is 5.32 Å². The Bertz CT molecular complexity index is 603. The molecule has 1 heterocycles. The van der Waals surface area contributed by atoms with E-state index in [4.69, 9.17) is 15.2 Å². The number of benzene rings is 1. The quantitative estimate of drug-likeness (QED) is 0.815. The molecule has 1 aromatic rings. The number of anilines is 1. The van der Waals surface area contributed by atoms with Crippen LogP contribution in [-0.4, -0.2) is 56.2 Å². The average Bonchev–Trinajstić information content (AvgIpc) is 3.05. The first-order chi connectivity index (χ1) is 11.5. The minimum atomic E-state index is -0.504. The lowest BCUT2D eigenvalue weighted by Crippen LogP contribution is -2.30. The van der Waals surface area contributed by atoms with Crippen LogP contribution in [0.15, 0.2) is 18.2 Å². The first kappa shape index (κ1) is 18.2. The number of hydrogen-bond donors (Lipinski definition) is 2. The fourth-order valence-electron chi connectivity index (χ4n) is 2.58. The molecule has 3 N–H and O–H groups in total. The minimum Gasteiger partial charge on any atom is -0.492 e. The van der Waals surface area contributed by atoms with Gasteiger partial charge in [-0.25, -0.2) is 0 Å². The molecule has 1 saturated heterocycles. The molecule has 24 heavy (non-hydrogen) atoms. The smallest absolute Gasteiger partial charge is 0.253 e. The molecular weight excluding hydrogens is 310 g/mol. The Labute approximate surface area is 142 Å². The highest BCUT2D eigenvalue weighted by molar-refractivity contribution is 5.98. The van der Waals surface area contributed by atoms with Crippen LogP contribution in [-0.2, 0) is 9.53 Å². The van der Waals surface area contributed by atoms with Gasteiger partial charge in [0, 0.05) is 26.2 Å². The highest BCUT2D eigenvalue weighted by Gasteiger charge is 2.30. The topological polar surface area (TPSA) is 93.9 Å². The summed E-state index contributed by atoms with van der Waals surface area (Å²) in [5.41, 5.74) is 6.60. The Balaban J connectivity index is 2.14. The van der Waals surface area contributed by atoms with Gasteiger partial charge in [-0.15, -0.1) is 0 Å². The number of ether oxygens (including phenoxy) is 2. The number of nitrogens with zero attached hydrogens (tertiary/aromatic N) is 1. The molecule has 7 heteroatoms. The van der Waals surface area contributed by atoms with Crippen LogP contribution in [0.5, 0.6) is 5.75 Å². The van der Waals surface area contributed by atoms with Gasteiger partial charge in [0.25, 0.3) is 11.8 Å². The lowest BCUT2D eigenvalue weighted by Gasteiger charge is -2.17. The molecule has 1 aliphatic heterocycles. The summed E-state index contributed by atoms with van der Waals surface area (Å²) in [6.45, 7) is 2.69. The van der Waals surface area contributed by atoms with Crippen LogP contribution >= 0.6 is 0 Å². The van der Waals surface area contributed by atoms with Crippen molar-refractivity contribution >= 4 is 17.5 Å². The van der Waals surface area contributed by atoms with Gasteiger partial charge in [0.15, 0.2) is 0 Å². The molecule has 1 aliphatic rings. The first-order valence-corrected chi connectivity index (χ1v) is 8.11. The number of carbonyl (C=O) groups excluding carboxylic acids is 2. The molecule has 0 saturated carbocycles. The molecule has 132 valence electrons. The van der Waals surface area contributed by atoms with Gasteiger partial charge in [-0.2, -0.15) is 0 Å². The summed E-state index contributed by atoms with van der Waals surface area (Å²) in [7, 11) is 3.37. The molecule has 0 radical (unpaired) electrons. The number of rotatable bonds is 6. The van der Waals surface area contributed by atoms with Crippen molar-refractivity contribution in [2.45, 2.75) is 32.0 Å². The summed E-state index contributed by atoms with van der Waals surface area (Å²) < 4.78 is 11.2. The molecule has 7 nitrogen and oxygen atoms in total. The molecular formula is C17H25N3O4. The van der Waals surface area contributed by atoms with Crippen LogP contribution in [0.4, 0.5) is 5.69 Å². The standard InChI is InChI=1S/C17H25N3O4/c1-4-23-15-9-11(17(22)20(2)3)5-7-13(15)19-16(21)14-8-6-12(10-18)24-14/h5,7,9,12,14H,4,6,8,10,18H2,1-3H3,(H,19,21)/t12-,14+/m1/s1. The fourth-order valence-corrected chi connectivity index (χ4v) is 2.58. The summed E-state index contributed by atoms with van der Waals surface area (Å²) in [5.74, 6) is 0.115. The molecule has 0 bridgehead atoms. The van der Waals surface area contributed by atoms with E-state index in [0.717, 1.165) is 6.42 Å². The highest BCUT2D eigenvalue weighted by atomic mass is 16.5. The van der Waals surface area contributed by atoms with Gasteiger partial charge in [-0.3, -0.25) is 9.59 Å². The second-order valence-electron chi connectivity index (χ2n) is 5.89. The molecule has 1 aromatic carbocycles. The van der Waals surface area contributed by atoms with Crippen LogP contribution in [0.3, 0.4) is 0 Å². The lowest BCUT2D eigenvalue weighted by atomic mass is 10.1. The van der Waals surface area contributed by atoms with E-state index in [1.807, 2.05) is 6.92 Å². The summed E-state index contributed by atoms with van der Waals surface area (Å²) in [6.07, 6.45) is 0.862. The highest BCUT2D eigenvalue weighted by Crippen LogP contribution is 2.28. The second kappa shape index (κ2) is 8.12. The maximum Gasteiger partial charge on any atom is 0.253 e. The van der Waals surface area contributed by atoms with Gasteiger partial charge in [-0.05, 0) is 38.0 Å². The van der Waals surface area contributed by atoms with Gasteiger partial charge in [0.1, 0.15) is 11.9 Å². The van der Waals surface area contributed by atoms with Gasteiger partial charge < -0.3 is 25.4 Å². The van der Waals surface area contributed by atoms with Crippen molar-refractivity contribution in [2.75, 3.05) is 32.6 Å². The van der Waals surface area contributed by atoms with E-state index in [9.17, 15) is 9.59 Å². The number of nitrogens with two attached hydrogens (primary N) is 1. The monoisotopic (exact) mass is 335 g/mol. The molecule has 0 aliphatic carbocycles. The van der Waals surface area contributed by atoms with Crippen molar-refractivity contribution in [3.05, 3.63) is 23.8 Å². The van der Waals surface area contributed by atoms with Gasteiger partial charge in [0.05, 0.1) is 18.4 Å². The average molecular weight is 335 g/mol. The summed E-state index contributed by atoms with van der Waals surface area (Å²) in [5, 5.41) is 2.82. The van der Waals surface area contributed by atoms with Gasteiger partial charge in [0.2, 0.25) is 0 Å². The summed E-state index contributed by atoms with van der Waals surface area (Å²) in [6, 6.07) is 4.98. The first-order valence-electron chi connectivity index (χ1n) is 8.11. The Hall–Kier alpha value is -2.12. The third kappa shape index (κ3) is 4.24. The van der Waals surface area contributed by atoms with Crippen molar-refractivity contribution < 1.29 is 19.1 Å². The van der Waals surface area contributed by atoms with E-state index in [1.54, 1.807) is 32.3 Å². The predicted octanol–water partition coefficient (Wildman–Crippen LogP) is 1.23. The third-order valence-corrected chi connectivity index (χ3v) is 3.86. The zero-order valence-corrected chi connectivity index (χ0v) is 14.4. The van der Waals surface area contributed by atoms with Crippen molar-refractivity contribution in [3.63, 3.8) is 0 Å². The van der Waals surface area contributed by atoms with Crippen molar-refractivity contribution in [1.29, 1.82) is 0 Å². The zero-order chi connectivity index (χ0) is 17.7. The van der Waals surface area contributed by atoms with Crippen LogP contribution in [0.25, 0.3) is 0 Å². The Kier molecular flexibility index (Phi) is 6.16. The number of hydrogen-bond acceptors (Lipinski definition) is 5. The molecule has 0 spiro atoms.